The number of halogens is 1. The molecule has 0 heterocycles. The molecule has 0 fully saturated rings. The van der Waals surface area contributed by atoms with Gasteiger partial charge in [-0.3, -0.25) is 0 Å². The first-order valence-corrected chi connectivity index (χ1v) is 7.88. The van der Waals surface area contributed by atoms with Crippen LogP contribution in [0.4, 0.5) is 0 Å². The van der Waals surface area contributed by atoms with Gasteiger partial charge in [-0.1, -0.05) is 24.3 Å². The number of hydrogen-bond acceptors (Lipinski definition) is 4. The van der Waals surface area contributed by atoms with Crippen LogP contribution in [0.2, 0.25) is 0 Å². The summed E-state index contributed by atoms with van der Waals surface area (Å²) in [4.78, 5) is 0. The highest BCUT2D eigenvalue weighted by molar-refractivity contribution is 5.85. The summed E-state index contributed by atoms with van der Waals surface area (Å²) in [5.41, 5.74) is 2.36. The Morgan fingerprint density at radius 1 is 1.08 bits per heavy atom. The van der Waals surface area contributed by atoms with Crippen molar-refractivity contribution in [2.75, 3.05) is 26.8 Å². The molecule has 0 radical (unpaired) electrons. The van der Waals surface area contributed by atoms with Crippen molar-refractivity contribution in [3.05, 3.63) is 59.7 Å². The topological polar surface area (TPSA) is 50.7 Å². The molecule has 0 aliphatic rings. The summed E-state index contributed by atoms with van der Waals surface area (Å²) in [6.45, 7) is 3.61. The quantitative estimate of drug-likeness (QED) is 0.682. The van der Waals surface area contributed by atoms with E-state index in [0.717, 1.165) is 30.0 Å². The monoisotopic (exact) mass is 351 g/mol. The third kappa shape index (κ3) is 7.21. The number of nitrogens with one attached hydrogen (secondary N) is 1. The Hall–Kier alpha value is -1.75. The van der Waals surface area contributed by atoms with E-state index in [2.05, 4.69) is 11.4 Å². The molecule has 2 aromatic carbocycles. The molecule has 0 aliphatic heterocycles. The van der Waals surface area contributed by atoms with E-state index >= 15 is 0 Å². The van der Waals surface area contributed by atoms with E-state index in [1.165, 1.54) is 5.56 Å². The fourth-order valence-corrected chi connectivity index (χ4v) is 2.29. The van der Waals surface area contributed by atoms with E-state index in [9.17, 15) is 5.11 Å². The summed E-state index contributed by atoms with van der Waals surface area (Å²) in [5, 5.41) is 13.2. The summed E-state index contributed by atoms with van der Waals surface area (Å²) < 4.78 is 10.8. The number of rotatable bonds is 9. The van der Waals surface area contributed by atoms with E-state index in [1.807, 2.05) is 49.4 Å². The largest absolute Gasteiger partial charge is 0.497 e. The summed E-state index contributed by atoms with van der Waals surface area (Å²) >= 11 is 0. The Morgan fingerprint density at radius 2 is 1.83 bits per heavy atom. The zero-order valence-corrected chi connectivity index (χ0v) is 15.0. The Balaban J connectivity index is 0.00000288. The van der Waals surface area contributed by atoms with Crippen LogP contribution >= 0.6 is 12.4 Å². The molecule has 0 aliphatic carbocycles. The average molecular weight is 352 g/mol. The highest BCUT2D eigenvalue weighted by atomic mass is 35.5. The lowest BCUT2D eigenvalue weighted by molar-refractivity contribution is 0.106. The van der Waals surface area contributed by atoms with Crippen LogP contribution in [-0.4, -0.2) is 38.0 Å². The second-order valence-corrected chi connectivity index (χ2v) is 5.59. The van der Waals surface area contributed by atoms with E-state index in [-0.39, 0.29) is 19.0 Å². The zero-order chi connectivity index (χ0) is 16.5. The van der Waals surface area contributed by atoms with Crippen LogP contribution in [0, 0.1) is 6.92 Å². The minimum Gasteiger partial charge on any atom is -0.497 e. The average Bonchev–Trinajstić information content (AvgIpc) is 2.57. The molecule has 4 nitrogen and oxygen atoms in total. The predicted octanol–water partition coefficient (Wildman–Crippen LogP) is 3.00. The maximum atomic E-state index is 9.95. The van der Waals surface area contributed by atoms with Crippen LogP contribution in [0.1, 0.15) is 11.1 Å². The van der Waals surface area contributed by atoms with Crippen LogP contribution in [-0.2, 0) is 6.42 Å². The molecule has 0 saturated carbocycles. The number of hydrogen-bond donors (Lipinski definition) is 2. The van der Waals surface area contributed by atoms with Gasteiger partial charge in [-0.25, -0.2) is 0 Å². The third-order valence-electron chi connectivity index (χ3n) is 3.54. The SMILES string of the molecule is COc1cccc(CCNCC(O)COc2cccc(C)c2)c1.Cl. The van der Waals surface area contributed by atoms with Crippen molar-refractivity contribution in [3.8, 4) is 11.5 Å². The molecular weight excluding hydrogens is 326 g/mol. The molecule has 0 bridgehead atoms. The number of aryl methyl sites for hydroxylation is 1. The second kappa shape index (κ2) is 10.9. The molecule has 2 aromatic rings. The van der Waals surface area contributed by atoms with Gasteiger partial charge < -0.3 is 19.9 Å². The maximum absolute atomic E-state index is 9.95. The van der Waals surface area contributed by atoms with Crippen molar-refractivity contribution < 1.29 is 14.6 Å². The molecule has 0 saturated heterocycles. The molecule has 1 unspecified atom stereocenters. The van der Waals surface area contributed by atoms with Gasteiger partial charge in [0, 0.05) is 6.54 Å². The molecule has 1 atom stereocenters. The van der Waals surface area contributed by atoms with E-state index in [1.54, 1.807) is 7.11 Å². The first-order valence-electron chi connectivity index (χ1n) is 7.88. The molecule has 0 amide bonds. The molecule has 24 heavy (non-hydrogen) atoms. The van der Waals surface area contributed by atoms with Crippen molar-refractivity contribution in [2.45, 2.75) is 19.4 Å². The Kier molecular flexibility index (Phi) is 9.23. The third-order valence-corrected chi connectivity index (χ3v) is 3.54. The smallest absolute Gasteiger partial charge is 0.119 e. The molecule has 2 N–H and O–H groups in total. The fourth-order valence-electron chi connectivity index (χ4n) is 2.29. The lowest BCUT2D eigenvalue weighted by Gasteiger charge is -2.13. The van der Waals surface area contributed by atoms with Crippen molar-refractivity contribution in [1.82, 2.24) is 5.32 Å². The highest BCUT2D eigenvalue weighted by Gasteiger charge is 2.05. The Morgan fingerprint density at radius 3 is 2.58 bits per heavy atom. The van der Waals surface area contributed by atoms with Gasteiger partial charge in [0.25, 0.3) is 0 Å². The van der Waals surface area contributed by atoms with E-state index < -0.39 is 6.10 Å². The highest BCUT2D eigenvalue weighted by Crippen LogP contribution is 2.13. The van der Waals surface area contributed by atoms with Gasteiger partial charge in [-0.15, -0.1) is 12.4 Å². The Bertz CT molecular complexity index is 607. The second-order valence-electron chi connectivity index (χ2n) is 5.59. The van der Waals surface area contributed by atoms with Crippen LogP contribution < -0.4 is 14.8 Å². The van der Waals surface area contributed by atoms with Crippen molar-refractivity contribution in [2.24, 2.45) is 0 Å². The number of aliphatic hydroxyl groups is 1. The molecule has 5 heteroatoms. The number of ether oxygens (including phenoxy) is 2. The molecular formula is C19H26ClNO3. The molecule has 2 rings (SSSR count). The number of benzene rings is 2. The van der Waals surface area contributed by atoms with Gasteiger partial charge in [0.05, 0.1) is 7.11 Å². The minimum atomic E-state index is -0.527. The van der Waals surface area contributed by atoms with Crippen LogP contribution in [0.25, 0.3) is 0 Å². The summed E-state index contributed by atoms with van der Waals surface area (Å²) in [7, 11) is 1.67. The fraction of sp³-hybridized carbons (Fsp3) is 0.368. The number of aliphatic hydroxyl groups excluding tert-OH is 1. The normalized spacial score (nSPS) is 11.5. The summed E-state index contributed by atoms with van der Waals surface area (Å²) in [5.74, 6) is 1.66. The van der Waals surface area contributed by atoms with Crippen molar-refractivity contribution >= 4 is 12.4 Å². The standard InChI is InChI=1S/C19H25NO3.ClH/c1-15-5-3-8-19(11-15)23-14-17(21)13-20-10-9-16-6-4-7-18(12-16)22-2;/h3-8,11-12,17,20-21H,9-10,13-14H2,1-2H3;1H. The summed E-state index contributed by atoms with van der Waals surface area (Å²) in [6, 6.07) is 15.8. The molecule has 132 valence electrons. The van der Waals surface area contributed by atoms with E-state index in [0.29, 0.717) is 6.54 Å². The lowest BCUT2D eigenvalue weighted by atomic mass is 10.1. The van der Waals surface area contributed by atoms with Gasteiger partial charge in [-0.05, 0) is 55.3 Å². The van der Waals surface area contributed by atoms with Crippen molar-refractivity contribution in [1.29, 1.82) is 0 Å². The van der Waals surface area contributed by atoms with Crippen molar-refractivity contribution in [3.63, 3.8) is 0 Å². The van der Waals surface area contributed by atoms with Crippen LogP contribution in [0.3, 0.4) is 0 Å². The molecule has 0 aromatic heterocycles. The molecule has 0 spiro atoms. The number of methoxy groups -OCH3 is 1. The van der Waals surface area contributed by atoms with Crippen LogP contribution in [0.5, 0.6) is 11.5 Å². The minimum absolute atomic E-state index is 0. The van der Waals surface area contributed by atoms with Gasteiger partial charge >= 0.3 is 0 Å². The first-order chi connectivity index (χ1) is 11.2. The van der Waals surface area contributed by atoms with Gasteiger partial charge in [-0.2, -0.15) is 0 Å². The van der Waals surface area contributed by atoms with Gasteiger partial charge in [0.15, 0.2) is 0 Å². The van der Waals surface area contributed by atoms with Crippen LogP contribution in [0.15, 0.2) is 48.5 Å². The summed E-state index contributed by atoms with van der Waals surface area (Å²) in [6.07, 6.45) is 0.365. The van der Waals surface area contributed by atoms with Gasteiger partial charge in [0.2, 0.25) is 0 Å². The lowest BCUT2D eigenvalue weighted by Crippen LogP contribution is -2.32. The predicted molar refractivity (Wildman–Crippen MR) is 99.5 cm³/mol. The first kappa shape index (κ1) is 20.3. The zero-order valence-electron chi connectivity index (χ0n) is 14.2. The Labute approximate surface area is 150 Å². The maximum Gasteiger partial charge on any atom is 0.119 e. The van der Waals surface area contributed by atoms with E-state index in [4.69, 9.17) is 9.47 Å². The van der Waals surface area contributed by atoms with Gasteiger partial charge in [0.1, 0.15) is 24.2 Å².